The van der Waals surface area contributed by atoms with Crippen molar-refractivity contribution in [3.63, 3.8) is 0 Å². The fourth-order valence-electron chi connectivity index (χ4n) is 0.124. The van der Waals surface area contributed by atoms with Crippen LogP contribution in [0.4, 0.5) is 8.78 Å². The van der Waals surface area contributed by atoms with Crippen LogP contribution < -0.4 is 0 Å². The lowest BCUT2D eigenvalue weighted by Gasteiger charge is -2.24. The molecule has 0 amide bonds. The molecular weight excluding hydrogens is 251 g/mol. The molecule has 0 aromatic heterocycles. The zero-order valence-corrected chi connectivity index (χ0v) is 8.00. The highest BCUT2D eigenvalue weighted by Gasteiger charge is 2.55. The molecule has 0 spiro atoms. The van der Waals surface area contributed by atoms with Crippen LogP contribution in [-0.4, -0.2) is 14.6 Å². The van der Waals surface area contributed by atoms with E-state index in [0.717, 1.165) is 0 Å². The third-order valence-electron chi connectivity index (χ3n) is 0.652. The Morgan fingerprint density at radius 2 is 1.30 bits per heavy atom. The minimum atomic E-state index is -3.30. The van der Waals surface area contributed by atoms with Crippen molar-refractivity contribution >= 4 is 58.0 Å². The highest BCUT2D eigenvalue weighted by molar-refractivity contribution is 6.57. The van der Waals surface area contributed by atoms with Crippen molar-refractivity contribution in [1.82, 2.24) is 0 Å². The molecule has 0 rings (SSSR count). The minimum absolute atomic E-state index is 1.84. The van der Waals surface area contributed by atoms with Crippen LogP contribution in [0, 0.1) is 0 Å². The van der Waals surface area contributed by atoms with Crippen molar-refractivity contribution in [2.24, 2.45) is 0 Å². The molecule has 0 aliphatic rings. The largest absolute Gasteiger partial charge is 0.308 e. The standard InChI is InChI=1S/C3HCl5F2/c4-1(5)2(6,9)3(7,8)10/h1H. The summed E-state index contributed by atoms with van der Waals surface area (Å²) in [7, 11) is 0. The molecule has 0 radical (unpaired) electrons. The second-order valence-corrected chi connectivity index (χ2v) is 4.30. The average Bonchev–Trinajstić information content (AvgIpc) is 1.62. The van der Waals surface area contributed by atoms with Crippen LogP contribution in [-0.2, 0) is 0 Å². The van der Waals surface area contributed by atoms with Gasteiger partial charge in [-0.05, 0) is 0 Å². The molecule has 0 aliphatic heterocycles. The first-order valence-corrected chi connectivity index (χ1v) is 3.93. The first kappa shape index (κ1) is 11.3. The summed E-state index contributed by atoms with van der Waals surface area (Å²) in [5.74, 6) is 0. The Kier molecular flexibility index (Phi) is 3.80. The maximum Gasteiger partial charge on any atom is 0.308 e. The third-order valence-corrected chi connectivity index (χ3v) is 2.70. The van der Waals surface area contributed by atoms with Crippen molar-refractivity contribution in [3.8, 4) is 0 Å². The highest BCUT2D eigenvalue weighted by Crippen LogP contribution is 2.47. The number of hydrogen-bond acceptors (Lipinski definition) is 0. The van der Waals surface area contributed by atoms with Crippen molar-refractivity contribution in [1.29, 1.82) is 0 Å². The predicted octanol–water partition coefficient (Wildman–Crippen LogP) is 3.80. The van der Waals surface area contributed by atoms with E-state index in [9.17, 15) is 8.78 Å². The highest BCUT2D eigenvalue weighted by atomic mass is 35.5. The lowest BCUT2D eigenvalue weighted by atomic mass is 10.4. The van der Waals surface area contributed by atoms with Crippen LogP contribution in [0.15, 0.2) is 0 Å². The summed E-state index contributed by atoms with van der Waals surface area (Å²) in [5.41, 5.74) is 0. The van der Waals surface area contributed by atoms with Crippen LogP contribution in [0.25, 0.3) is 0 Å². The van der Waals surface area contributed by atoms with Crippen LogP contribution >= 0.6 is 58.0 Å². The number of alkyl halides is 7. The third kappa shape index (κ3) is 2.42. The molecule has 0 bridgehead atoms. The van der Waals surface area contributed by atoms with E-state index in [1.54, 1.807) is 0 Å². The molecule has 0 saturated carbocycles. The van der Waals surface area contributed by atoms with E-state index in [1.165, 1.54) is 0 Å². The van der Waals surface area contributed by atoms with Crippen molar-refractivity contribution in [2.45, 2.75) is 14.6 Å². The van der Waals surface area contributed by atoms with Crippen LogP contribution in [0.2, 0.25) is 0 Å². The van der Waals surface area contributed by atoms with E-state index in [2.05, 4.69) is 23.2 Å². The average molecular weight is 252 g/mol. The summed E-state index contributed by atoms with van der Waals surface area (Å²) in [5, 5.41) is -3.20. The Bertz CT molecular complexity index is 117. The van der Waals surface area contributed by atoms with Crippen molar-refractivity contribution in [3.05, 3.63) is 0 Å². The summed E-state index contributed by atoms with van der Waals surface area (Å²) in [6.45, 7) is 0. The normalized spacial score (nSPS) is 19.2. The van der Waals surface area contributed by atoms with Gasteiger partial charge in [-0.25, -0.2) is 8.78 Å². The lowest BCUT2D eigenvalue weighted by molar-refractivity contribution is 0.169. The molecule has 0 aromatic rings. The van der Waals surface area contributed by atoms with E-state index in [-0.39, 0.29) is 0 Å². The first-order valence-electron chi connectivity index (χ1n) is 1.92. The van der Waals surface area contributed by atoms with Crippen LogP contribution in [0.3, 0.4) is 0 Å². The molecular formula is C3HCl5F2. The van der Waals surface area contributed by atoms with Gasteiger partial charge in [0.15, 0.2) is 4.84 Å². The Labute approximate surface area is 81.3 Å². The SMILES string of the molecule is FC(Cl)(Cl)C(F)(Cl)C(Cl)Cl. The van der Waals surface area contributed by atoms with Gasteiger partial charge in [-0.1, -0.05) is 34.8 Å². The maximum absolute atomic E-state index is 12.6. The second kappa shape index (κ2) is 3.36. The van der Waals surface area contributed by atoms with E-state index in [0.29, 0.717) is 0 Å². The summed E-state index contributed by atoms with van der Waals surface area (Å²) in [6, 6.07) is 0. The Morgan fingerprint density at radius 3 is 1.30 bits per heavy atom. The molecule has 0 fully saturated rings. The molecule has 10 heavy (non-hydrogen) atoms. The van der Waals surface area contributed by atoms with Crippen LogP contribution in [0.5, 0.6) is 0 Å². The Morgan fingerprint density at radius 1 is 1.00 bits per heavy atom. The fourth-order valence-corrected chi connectivity index (χ4v) is 0.866. The lowest BCUT2D eigenvalue weighted by Crippen LogP contribution is -2.39. The van der Waals surface area contributed by atoms with Gasteiger partial charge in [0.25, 0.3) is 5.13 Å². The van der Waals surface area contributed by atoms with E-state index in [1.807, 2.05) is 0 Å². The molecule has 0 aliphatic carbocycles. The summed E-state index contributed by atoms with van der Waals surface area (Å²) in [6.07, 6.45) is 0. The van der Waals surface area contributed by atoms with Crippen molar-refractivity contribution < 1.29 is 8.78 Å². The number of rotatable bonds is 2. The quantitative estimate of drug-likeness (QED) is 0.656. The van der Waals surface area contributed by atoms with E-state index < -0.39 is 14.6 Å². The fraction of sp³-hybridized carbons (Fsp3) is 1.00. The molecule has 7 heteroatoms. The predicted molar refractivity (Wildman–Crippen MR) is 40.7 cm³/mol. The van der Waals surface area contributed by atoms with Gasteiger partial charge < -0.3 is 0 Å². The molecule has 0 saturated heterocycles. The Hall–Kier alpha value is 1.31. The monoisotopic (exact) mass is 250 g/mol. The molecule has 1 unspecified atom stereocenters. The second-order valence-electron chi connectivity index (χ2n) is 1.42. The van der Waals surface area contributed by atoms with Gasteiger partial charge in [0.1, 0.15) is 0 Å². The maximum atomic E-state index is 12.6. The topological polar surface area (TPSA) is 0 Å². The van der Waals surface area contributed by atoms with Crippen LogP contribution in [0.1, 0.15) is 0 Å². The molecule has 0 nitrogen and oxygen atoms in total. The van der Waals surface area contributed by atoms with Gasteiger partial charge in [-0.2, -0.15) is 0 Å². The minimum Gasteiger partial charge on any atom is -0.217 e. The van der Waals surface area contributed by atoms with Gasteiger partial charge >= 0.3 is 4.59 Å². The van der Waals surface area contributed by atoms with E-state index >= 15 is 0 Å². The summed E-state index contributed by atoms with van der Waals surface area (Å²) < 4.78 is 21.6. The molecule has 0 heterocycles. The zero-order valence-electron chi connectivity index (χ0n) is 4.22. The van der Waals surface area contributed by atoms with Gasteiger partial charge in [0.05, 0.1) is 0 Å². The smallest absolute Gasteiger partial charge is 0.217 e. The number of halogens is 7. The molecule has 0 N–H and O–H groups in total. The summed E-state index contributed by atoms with van der Waals surface area (Å²) >= 11 is 23.9. The first-order chi connectivity index (χ1) is 4.19. The molecule has 62 valence electrons. The van der Waals surface area contributed by atoms with E-state index in [4.69, 9.17) is 34.8 Å². The van der Waals surface area contributed by atoms with Gasteiger partial charge in [0.2, 0.25) is 0 Å². The Balaban J connectivity index is 4.40. The molecule has 0 aromatic carbocycles. The zero-order chi connectivity index (χ0) is 8.58. The van der Waals surface area contributed by atoms with Gasteiger partial charge in [-0.3, -0.25) is 0 Å². The number of hydrogen-bond donors (Lipinski definition) is 0. The van der Waals surface area contributed by atoms with Crippen molar-refractivity contribution in [2.75, 3.05) is 0 Å². The molecule has 1 atom stereocenters. The summed E-state index contributed by atoms with van der Waals surface area (Å²) in [4.78, 5) is -1.84. The van der Waals surface area contributed by atoms with Gasteiger partial charge in [-0.15, -0.1) is 23.2 Å². The van der Waals surface area contributed by atoms with Gasteiger partial charge in [0, 0.05) is 0 Å².